The normalized spacial score (nSPS) is 10.5. The van der Waals surface area contributed by atoms with Crippen LogP contribution in [0.15, 0.2) is 18.2 Å². The van der Waals surface area contributed by atoms with Crippen LogP contribution in [0.3, 0.4) is 0 Å². The van der Waals surface area contributed by atoms with Crippen LogP contribution in [0.1, 0.15) is 16.1 Å². The van der Waals surface area contributed by atoms with Crippen molar-refractivity contribution in [3.8, 4) is 17.0 Å². The lowest BCUT2D eigenvalue weighted by Crippen LogP contribution is -2.00. The zero-order valence-corrected chi connectivity index (χ0v) is 10.8. The highest BCUT2D eigenvalue weighted by Crippen LogP contribution is 2.32. The van der Waals surface area contributed by atoms with E-state index in [9.17, 15) is 9.18 Å². The molecule has 0 aliphatic rings. The number of aromatic nitrogens is 2. The molecule has 6 heteroatoms. The third kappa shape index (κ3) is 2.29. The number of benzene rings is 1. The highest BCUT2D eigenvalue weighted by Gasteiger charge is 2.17. The molecule has 2 rings (SSSR count). The Morgan fingerprint density at radius 3 is 2.63 bits per heavy atom. The molecule has 5 nitrogen and oxygen atoms in total. The summed E-state index contributed by atoms with van der Waals surface area (Å²) in [4.78, 5) is 10.9. The van der Waals surface area contributed by atoms with Gasteiger partial charge in [-0.2, -0.15) is 5.10 Å². The summed E-state index contributed by atoms with van der Waals surface area (Å²) in [5.74, 6) is -1.04. The number of carbonyl (C=O) groups is 1. The van der Waals surface area contributed by atoms with E-state index < -0.39 is 5.97 Å². The fourth-order valence-electron chi connectivity index (χ4n) is 1.85. The third-order valence-electron chi connectivity index (χ3n) is 2.86. The van der Waals surface area contributed by atoms with E-state index >= 15 is 0 Å². The zero-order valence-electron chi connectivity index (χ0n) is 10.8. The first-order valence-corrected chi connectivity index (χ1v) is 5.56. The van der Waals surface area contributed by atoms with Gasteiger partial charge in [0.2, 0.25) is 0 Å². The smallest absolute Gasteiger partial charge is 0.356 e. The van der Waals surface area contributed by atoms with Gasteiger partial charge in [-0.15, -0.1) is 0 Å². The van der Waals surface area contributed by atoms with Crippen LogP contribution in [0.25, 0.3) is 11.3 Å². The number of halogens is 1. The number of ether oxygens (including phenoxy) is 1. The Kier molecular flexibility index (Phi) is 3.25. The van der Waals surface area contributed by atoms with Crippen LogP contribution in [0.2, 0.25) is 0 Å². The minimum absolute atomic E-state index is 0.0967. The summed E-state index contributed by atoms with van der Waals surface area (Å²) in [6, 6.07) is 4.27. The molecule has 2 aromatic rings. The molecule has 0 unspecified atom stereocenters. The van der Waals surface area contributed by atoms with Gasteiger partial charge in [0.1, 0.15) is 11.6 Å². The van der Waals surface area contributed by atoms with Crippen molar-refractivity contribution in [1.29, 1.82) is 0 Å². The number of rotatable bonds is 3. The number of carboxylic acid groups (broad SMARTS) is 1. The second kappa shape index (κ2) is 4.72. The number of aryl methyl sites for hydroxylation is 2. The van der Waals surface area contributed by atoms with Gasteiger partial charge >= 0.3 is 5.97 Å². The molecule has 1 aromatic heterocycles. The van der Waals surface area contributed by atoms with Gasteiger partial charge in [0.15, 0.2) is 5.69 Å². The lowest BCUT2D eigenvalue weighted by Gasteiger charge is -2.10. The molecule has 1 N–H and O–H groups in total. The summed E-state index contributed by atoms with van der Waals surface area (Å²) in [5.41, 5.74) is 1.31. The van der Waals surface area contributed by atoms with Gasteiger partial charge in [-0.1, -0.05) is 0 Å². The molecule has 0 fully saturated rings. The van der Waals surface area contributed by atoms with Crippen molar-refractivity contribution in [2.75, 3.05) is 7.11 Å². The molecule has 1 heterocycles. The van der Waals surface area contributed by atoms with Crippen LogP contribution < -0.4 is 4.74 Å². The summed E-state index contributed by atoms with van der Waals surface area (Å²) < 4.78 is 20.3. The topological polar surface area (TPSA) is 64.3 Å². The van der Waals surface area contributed by atoms with Crippen molar-refractivity contribution in [3.05, 3.63) is 35.3 Å². The van der Waals surface area contributed by atoms with E-state index in [0.717, 1.165) is 0 Å². The van der Waals surface area contributed by atoms with Crippen molar-refractivity contribution >= 4 is 5.97 Å². The largest absolute Gasteiger partial charge is 0.496 e. The zero-order chi connectivity index (χ0) is 14.2. The van der Waals surface area contributed by atoms with E-state index in [1.807, 2.05) is 0 Å². The van der Waals surface area contributed by atoms with E-state index in [4.69, 9.17) is 9.84 Å². The molecular formula is C13H13FN2O3. The van der Waals surface area contributed by atoms with Crippen molar-refractivity contribution in [1.82, 2.24) is 9.78 Å². The number of carboxylic acids is 1. The van der Waals surface area contributed by atoms with Gasteiger partial charge in [0, 0.05) is 12.6 Å². The first kappa shape index (κ1) is 13.1. The molecule has 0 saturated heterocycles. The quantitative estimate of drug-likeness (QED) is 0.923. The molecule has 0 radical (unpaired) electrons. The highest BCUT2D eigenvalue weighted by molar-refractivity contribution is 5.87. The molecule has 0 atom stereocenters. The maximum atomic E-state index is 13.7. The van der Waals surface area contributed by atoms with Gasteiger partial charge in [-0.05, 0) is 30.7 Å². The molecule has 0 bridgehead atoms. The molecule has 0 aliphatic heterocycles. The van der Waals surface area contributed by atoms with E-state index in [1.54, 1.807) is 20.0 Å². The number of nitrogens with zero attached hydrogens (tertiary/aromatic N) is 2. The maximum absolute atomic E-state index is 13.7. The summed E-state index contributed by atoms with van der Waals surface area (Å²) >= 11 is 0. The molecule has 1 aromatic carbocycles. The predicted octanol–water partition coefficient (Wildman–Crippen LogP) is 2.24. The van der Waals surface area contributed by atoms with Crippen molar-refractivity contribution < 1.29 is 19.0 Å². The van der Waals surface area contributed by atoms with E-state index in [-0.39, 0.29) is 11.5 Å². The lowest BCUT2D eigenvalue weighted by atomic mass is 10.1. The monoisotopic (exact) mass is 264 g/mol. The molecule has 0 saturated carbocycles. The van der Waals surface area contributed by atoms with Crippen LogP contribution >= 0.6 is 0 Å². The van der Waals surface area contributed by atoms with Crippen LogP contribution in [0, 0.1) is 12.7 Å². The minimum Gasteiger partial charge on any atom is -0.496 e. The van der Waals surface area contributed by atoms with Crippen molar-refractivity contribution in [2.24, 2.45) is 7.05 Å². The summed E-state index contributed by atoms with van der Waals surface area (Å²) in [6.07, 6.45) is 0. The fraction of sp³-hybridized carbons (Fsp3) is 0.231. The highest BCUT2D eigenvalue weighted by atomic mass is 19.1. The van der Waals surface area contributed by atoms with Crippen LogP contribution in [-0.2, 0) is 7.05 Å². The second-order valence-electron chi connectivity index (χ2n) is 4.15. The van der Waals surface area contributed by atoms with Gasteiger partial charge in [0.25, 0.3) is 0 Å². The van der Waals surface area contributed by atoms with Gasteiger partial charge in [-0.3, -0.25) is 4.68 Å². The first-order valence-electron chi connectivity index (χ1n) is 5.56. The second-order valence-corrected chi connectivity index (χ2v) is 4.15. The van der Waals surface area contributed by atoms with Crippen LogP contribution in [0.5, 0.6) is 5.75 Å². The summed E-state index contributed by atoms with van der Waals surface area (Å²) in [5, 5.41) is 12.8. The Bertz CT molecular complexity index is 650. The van der Waals surface area contributed by atoms with Gasteiger partial charge in [0.05, 0.1) is 12.8 Å². The number of aromatic carboxylic acids is 1. The SMILES string of the molecule is COc1cc(C)c(F)cc1-c1cc(C(=O)O)nn1C. The Morgan fingerprint density at radius 1 is 1.42 bits per heavy atom. The Hall–Kier alpha value is -2.37. The predicted molar refractivity (Wildman–Crippen MR) is 66.9 cm³/mol. The number of hydrogen-bond donors (Lipinski definition) is 1. The Labute approximate surface area is 109 Å². The summed E-state index contributed by atoms with van der Waals surface area (Å²) in [6.45, 7) is 1.63. The first-order chi connectivity index (χ1) is 8.93. The fourth-order valence-corrected chi connectivity index (χ4v) is 1.85. The average molecular weight is 264 g/mol. The van der Waals surface area contributed by atoms with Crippen molar-refractivity contribution in [3.63, 3.8) is 0 Å². The Balaban J connectivity index is 2.64. The van der Waals surface area contributed by atoms with E-state index in [2.05, 4.69) is 5.10 Å². The molecule has 0 amide bonds. The summed E-state index contributed by atoms with van der Waals surface area (Å²) in [7, 11) is 3.07. The molecular weight excluding hydrogens is 251 g/mol. The maximum Gasteiger partial charge on any atom is 0.356 e. The van der Waals surface area contributed by atoms with E-state index in [0.29, 0.717) is 22.6 Å². The number of hydrogen-bond acceptors (Lipinski definition) is 3. The molecule has 19 heavy (non-hydrogen) atoms. The van der Waals surface area contributed by atoms with E-state index in [1.165, 1.54) is 23.9 Å². The Morgan fingerprint density at radius 2 is 2.11 bits per heavy atom. The minimum atomic E-state index is -1.13. The molecule has 0 aliphatic carbocycles. The molecule has 0 spiro atoms. The van der Waals surface area contributed by atoms with Crippen LogP contribution in [-0.4, -0.2) is 28.0 Å². The van der Waals surface area contributed by atoms with Gasteiger partial charge < -0.3 is 9.84 Å². The third-order valence-corrected chi connectivity index (χ3v) is 2.86. The average Bonchev–Trinajstić information content (AvgIpc) is 2.74. The van der Waals surface area contributed by atoms with Crippen LogP contribution in [0.4, 0.5) is 4.39 Å². The molecule has 100 valence electrons. The lowest BCUT2D eigenvalue weighted by molar-refractivity contribution is 0.0689. The standard InChI is InChI=1S/C13H13FN2O3/c1-7-4-12(19-3)8(5-9(7)14)11-6-10(13(17)18)15-16(11)2/h4-6H,1-3H3,(H,17,18). The van der Waals surface area contributed by atoms with Crippen molar-refractivity contribution in [2.45, 2.75) is 6.92 Å². The number of methoxy groups -OCH3 is 1. The van der Waals surface area contributed by atoms with Gasteiger partial charge in [-0.25, -0.2) is 9.18 Å².